The zero-order valence-corrected chi connectivity index (χ0v) is 19.6. The number of benzene rings is 2. The van der Waals surface area contributed by atoms with Gasteiger partial charge < -0.3 is 24.1 Å². The van der Waals surface area contributed by atoms with Gasteiger partial charge in [-0.15, -0.1) is 0 Å². The largest absolute Gasteiger partial charge is 0.492 e. The Kier molecular flexibility index (Phi) is 8.58. The second-order valence-corrected chi connectivity index (χ2v) is 9.04. The Morgan fingerprint density at radius 3 is 2.45 bits per heavy atom. The first-order chi connectivity index (χ1) is 16.1. The molecule has 180 valence electrons. The molecule has 0 spiro atoms. The number of ether oxygens (including phenoxy) is 4. The van der Waals surface area contributed by atoms with Gasteiger partial charge in [0.25, 0.3) is 0 Å². The molecule has 0 aliphatic carbocycles. The first-order valence-electron chi connectivity index (χ1n) is 11.8. The van der Waals surface area contributed by atoms with Crippen LogP contribution in [0.25, 0.3) is 0 Å². The number of rotatable bonds is 9. The standard InChI is InChI=1S/C26H36N2O5/c1-22-3-2-4-25(17-22)33-21-26(29)19-28(11-15-31-20-26)18-23-5-7-24(8-6-23)32-16-12-27-9-13-30-14-10-27/h2-8,17,29H,9-16,18-21H2,1H3. The minimum absolute atomic E-state index is 0.197. The summed E-state index contributed by atoms with van der Waals surface area (Å²) < 4.78 is 22.9. The van der Waals surface area contributed by atoms with Crippen LogP contribution in [0, 0.1) is 6.92 Å². The van der Waals surface area contributed by atoms with E-state index in [2.05, 4.69) is 21.9 Å². The molecule has 2 saturated heterocycles. The van der Waals surface area contributed by atoms with Crippen LogP contribution in [0.3, 0.4) is 0 Å². The third-order valence-corrected chi connectivity index (χ3v) is 6.05. The maximum absolute atomic E-state index is 11.2. The maximum atomic E-state index is 11.2. The lowest BCUT2D eigenvalue weighted by atomic mass is 10.1. The molecule has 0 bridgehead atoms. The molecule has 33 heavy (non-hydrogen) atoms. The van der Waals surface area contributed by atoms with Gasteiger partial charge in [0, 0.05) is 39.3 Å². The third kappa shape index (κ3) is 7.69. The van der Waals surface area contributed by atoms with Crippen molar-refractivity contribution in [1.29, 1.82) is 0 Å². The molecule has 4 rings (SSSR count). The van der Waals surface area contributed by atoms with Gasteiger partial charge in [-0.2, -0.15) is 0 Å². The van der Waals surface area contributed by atoms with E-state index in [9.17, 15) is 5.11 Å². The molecule has 0 amide bonds. The topological polar surface area (TPSA) is 63.6 Å². The fourth-order valence-corrected chi connectivity index (χ4v) is 4.21. The van der Waals surface area contributed by atoms with Crippen LogP contribution in [0.4, 0.5) is 0 Å². The number of morpholine rings is 1. The predicted molar refractivity (Wildman–Crippen MR) is 127 cm³/mol. The summed E-state index contributed by atoms with van der Waals surface area (Å²) >= 11 is 0. The van der Waals surface area contributed by atoms with E-state index in [0.29, 0.717) is 19.8 Å². The third-order valence-electron chi connectivity index (χ3n) is 6.05. The molecule has 2 aromatic rings. The second kappa shape index (κ2) is 11.8. The second-order valence-electron chi connectivity index (χ2n) is 9.04. The van der Waals surface area contributed by atoms with Gasteiger partial charge in [-0.05, 0) is 42.3 Å². The van der Waals surface area contributed by atoms with Crippen molar-refractivity contribution < 1.29 is 24.1 Å². The molecular weight excluding hydrogens is 420 g/mol. The highest BCUT2D eigenvalue weighted by Gasteiger charge is 2.33. The van der Waals surface area contributed by atoms with Crippen molar-refractivity contribution in [3.63, 3.8) is 0 Å². The van der Waals surface area contributed by atoms with Gasteiger partial charge in [0.05, 0.1) is 26.4 Å². The van der Waals surface area contributed by atoms with Gasteiger partial charge in [-0.25, -0.2) is 0 Å². The molecule has 7 nitrogen and oxygen atoms in total. The molecule has 1 atom stereocenters. The highest BCUT2D eigenvalue weighted by atomic mass is 16.5. The molecule has 1 N–H and O–H groups in total. The van der Waals surface area contributed by atoms with Crippen molar-refractivity contribution in [3.8, 4) is 11.5 Å². The van der Waals surface area contributed by atoms with Crippen LogP contribution in [-0.4, -0.2) is 92.9 Å². The molecule has 2 aromatic carbocycles. The first-order valence-corrected chi connectivity index (χ1v) is 11.8. The Morgan fingerprint density at radius 1 is 0.909 bits per heavy atom. The number of hydrogen-bond donors (Lipinski definition) is 1. The number of β-amino-alcohol motifs (C(OH)–C–C–N with tert-alkyl or cyclic N) is 1. The summed E-state index contributed by atoms with van der Waals surface area (Å²) in [5, 5.41) is 11.2. The Labute approximate surface area is 196 Å². The Morgan fingerprint density at radius 2 is 1.67 bits per heavy atom. The van der Waals surface area contributed by atoms with Crippen LogP contribution in [0.15, 0.2) is 48.5 Å². The average Bonchev–Trinajstić information content (AvgIpc) is 3.01. The lowest BCUT2D eigenvalue weighted by Crippen LogP contribution is -2.48. The van der Waals surface area contributed by atoms with Gasteiger partial charge in [0.2, 0.25) is 0 Å². The zero-order chi connectivity index (χ0) is 22.9. The van der Waals surface area contributed by atoms with E-state index in [0.717, 1.165) is 63.0 Å². The minimum Gasteiger partial charge on any atom is -0.492 e. The van der Waals surface area contributed by atoms with E-state index in [-0.39, 0.29) is 13.2 Å². The number of aliphatic hydroxyl groups is 1. The fraction of sp³-hybridized carbons (Fsp3) is 0.538. The molecule has 0 aromatic heterocycles. The lowest BCUT2D eigenvalue weighted by Gasteiger charge is -2.30. The van der Waals surface area contributed by atoms with Crippen molar-refractivity contribution in [2.75, 3.05) is 72.4 Å². The SMILES string of the molecule is Cc1cccc(OCC2(O)COCCN(Cc3ccc(OCCN4CCOCC4)cc3)C2)c1. The Balaban J connectivity index is 1.25. The summed E-state index contributed by atoms with van der Waals surface area (Å²) in [6.45, 7) is 10.3. The van der Waals surface area contributed by atoms with Gasteiger partial charge in [0.1, 0.15) is 30.3 Å². The number of nitrogens with zero attached hydrogens (tertiary/aromatic N) is 2. The molecule has 2 fully saturated rings. The van der Waals surface area contributed by atoms with E-state index in [1.165, 1.54) is 5.56 Å². The zero-order valence-electron chi connectivity index (χ0n) is 19.6. The molecule has 2 heterocycles. The minimum atomic E-state index is -1.05. The molecule has 1 unspecified atom stereocenters. The van der Waals surface area contributed by atoms with Crippen molar-refractivity contribution in [3.05, 3.63) is 59.7 Å². The summed E-state index contributed by atoms with van der Waals surface area (Å²) in [6.07, 6.45) is 0. The van der Waals surface area contributed by atoms with E-state index >= 15 is 0 Å². The maximum Gasteiger partial charge on any atom is 0.134 e. The summed E-state index contributed by atoms with van der Waals surface area (Å²) in [7, 11) is 0. The van der Waals surface area contributed by atoms with Crippen molar-refractivity contribution in [1.82, 2.24) is 9.80 Å². The van der Waals surface area contributed by atoms with Gasteiger partial charge in [-0.1, -0.05) is 24.3 Å². The molecule has 0 saturated carbocycles. The quantitative estimate of drug-likeness (QED) is 0.621. The molecule has 2 aliphatic heterocycles. The predicted octanol–water partition coefficient (Wildman–Crippen LogP) is 2.35. The lowest BCUT2D eigenvalue weighted by molar-refractivity contribution is -0.0646. The number of aryl methyl sites for hydroxylation is 1. The van der Waals surface area contributed by atoms with E-state index in [4.69, 9.17) is 18.9 Å². The molecule has 2 aliphatic rings. The van der Waals surface area contributed by atoms with Crippen molar-refractivity contribution in [2.24, 2.45) is 0 Å². The monoisotopic (exact) mass is 456 g/mol. The summed E-state index contributed by atoms with van der Waals surface area (Å²) in [5.41, 5.74) is 1.26. The number of hydrogen-bond acceptors (Lipinski definition) is 7. The van der Waals surface area contributed by atoms with Crippen LogP contribution < -0.4 is 9.47 Å². The van der Waals surface area contributed by atoms with Crippen molar-refractivity contribution >= 4 is 0 Å². The van der Waals surface area contributed by atoms with Crippen LogP contribution in [0.1, 0.15) is 11.1 Å². The van der Waals surface area contributed by atoms with Gasteiger partial charge >= 0.3 is 0 Å². The van der Waals surface area contributed by atoms with Crippen LogP contribution in [0.5, 0.6) is 11.5 Å². The molecule has 7 heteroatoms. The molecule has 0 radical (unpaired) electrons. The average molecular weight is 457 g/mol. The van der Waals surface area contributed by atoms with Gasteiger partial charge in [0.15, 0.2) is 0 Å². The Hall–Kier alpha value is -2.16. The van der Waals surface area contributed by atoms with E-state index < -0.39 is 5.60 Å². The normalized spacial score (nSPS) is 22.6. The van der Waals surface area contributed by atoms with E-state index in [1.807, 2.05) is 43.3 Å². The Bertz CT molecular complexity index is 856. The molecular formula is C26H36N2O5. The van der Waals surface area contributed by atoms with Gasteiger partial charge in [-0.3, -0.25) is 9.80 Å². The van der Waals surface area contributed by atoms with E-state index in [1.54, 1.807) is 0 Å². The fourth-order valence-electron chi connectivity index (χ4n) is 4.21. The summed E-state index contributed by atoms with van der Waals surface area (Å²) in [4.78, 5) is 4.59. The van der Waals surface area contributed by atoms with Crippen molar-refractivity contribution in [2.45, 2.75) is 19.1 Å². The van der Waals surface area contributed by atoms with Crippen LogP contribution in [0.2, 0.25) is 0 Å². The summed E-state index contributed by atoms with van der Waals surface area (Å²) in [6, 6.07) is 16.1. The highest BCUT2D eigenvalue weighted by molar-refractivity contribution is 5.28. The van der Waals surface area contributed by atoms with Crippen LogP contribution >= 0.6 is 0 Å². The smallest absolute Gasteiger partial charge is 0.134 e. The summed E-state index contributed by atoms with van der Waals surface area (Å²) in [5.74, 6) is 1.65. The first kappa shape index (κ1) is 24.0. The highest BCUT2D eigenvalue weighted by Crippen LogP contribution is 2.20. The van der Waals surface area contributed by atoms with Crippen LogP contribution in [-0.2, 0) is 16.0 Å².